The van der Waals surface area contributed by atoms with Crippen molar-refractivity contribution < 1.29 is 14.7 Å². The van der Waals surface area contributed by atoms with E-state index in [4.69, 9.17) is 4.74 Å². The second-order valence-electron chi connectivity index (χ2n) is 5.13. The number of quaternary nitrogens is 1. The number of ether oxygens (including phenoxy) is 1. The number of phenolic OH excluding ortho intramolecular Hbond substituents is 1. The zero-order valence-corrected chi connectivity index (χ0v) is 10.7. The Balaban J connectivity index is 2.02. The SMILES string of the molecule is COc1cc(C[NH+]2CCC[C@@H](C)C2)ccc1O. The van der Waals surface area contributed by atoms with Gasteiger partial charge in [-0.2, -0.15) is 0 Å². The Morgan fingerprint density at radius 3 is 3.00 bits per heavy atom. The highest BCUT2D eigenvalue weighted by molar-refractivity contribution is 5.41. The molecule has 1 aromatic carbocycles. The Morgan fingerprint density at radius 2 is 2.29 bits per heavy atom. The van der Waals surface area contributed by atoms with Crippen LogP contribution in [0.15, 0.2) is 18.2 Å². The van der Waals surface area contributed by atoms with Gasteiger partial charge in [0.25, 0.3) is 0 Å². The number of likely N-dealkylation sites (tertiary alicyclic amines) is 1. The highest BCUT2D eigenvalue weighted by Crippen LogP contribution is 2.25. The molecule has 1 fully saturated rings. The van der Waals surface area contributed by atoms with E-state index in [1.54, 1.807) is 18.1 Å². The molecule has 2 atom stereocenters. The molecule has 0 radical (unpaired) electrons. The fraction of sp³-hybridized carbons (Fsp3) is 0.571. The zero-order chi connectivity index (χ0) is 12.3. The highest BCUT2D eigenvalue weighted by atomic mass is 16.5. The fourth-order valence-corrected chi connectivity index (χ4v) is 2.68. The van der Waals surface area contributed by atoms with E-state index in [1.807, 2.05) is 12.1 Å². The van der Waals surface area contributed by atoms with Crippen LogP contribution >= 0.6 is 0 Å². The standard InChI is InChI=1S/C14H21NO2/c1-11-4-3-7-15(9-11)10-12-5-6-13(16)14(8-12)17-2/h5-6,8,11,16H,3-4,7,9-10H2,1-2H3/p+1/t11-/m1/s1. The minimum Gasteiger partial charge on any atom is -0.504 e. The molecule has 0 spiro atoms. The molecule has 2 N–H and O–H groups in total. The number of hydrogen-bond donors (Lipinski definition) is 2. The van der Waals surface area contributed by atoms with Gasteiger partial charge in [0.05, 0.1) is 20.2 Å². The summed E-state index contributed by atoms with van der Waals surface area (Å²) in [6.45, 7) is 5.87. The number of hydrogen-bond acceptors (Lipinski definition) is 2. The summed E-state index contributed by atoms with van der Waals surface area (Å²) in [5, 5.41) is 9.55. The van der Waals surface area contributed by atoms with E-state index < -0.39 is 0 Å². The largest absolute Gasteiger partial charge is 0.504 e. The summed E-state index contributed by atoms with van der Waals surface area (Å²) >= 11 is 0. The number of phenols is 1. The summed E-state index contributed by atoms with van der Waals surface area (Å²) in [6.07, 6.45) is 2.69. The summed E-state index contributed by atoms with van der Waals surface area (Å²) in [6, 6.07) is 5.66. The molecular weight excluding hydrogens is 214 g/mol. The van der Waals surface area contributed by atoms with Gasteiger partial charge in [-0.05, 0) is 31.0 Å². The monoisotopic (exact) mass is 236 g/mol. The molecule has 1 aliphatic heterocycles. The first-order valence-corrected chi connectivity index (χ1v) is 6.38. The fourth-order valence-electron chi connectivity index (χ4n) is 2.68. The average molecular weight is 236 g/mol. The van der Waals surface area contributed by atoms with Crippen molar-refractivity contribution in [3.05, 3.63) is 23.8 Å². The molecule has 2 rings (SSSR count). The topological polar surface area (TPSA) is 33.9 Å². The van der Waals surface area contributed by atoms with Gasteiger partial charge in [0.1, 0.15) is 6.54 Å². The number of aromatic hydroxyl groups is 1. The maximum atomic E-state index is 9.55. The van der Waals surface area contributed by atoms with Crippen LogP contribution in [-0.2, 0) is 6.54 Å². The van der Waals surface area contributed by atoms with E-state index in [0.717, 1.165) is 12.5 Å². The van der Waals surface area contributed by atoms with E-state index in [1.165, 1.54) is 31.5 Å². The Morgan fingerprint density at radius 1 is 1.47 bits per heavy atom. The molecule has 1 aliphatic rings. The molecular formula is C14H22NO2+. The molecule has 1 aromatic rings. The van der Waals surface area contributed by atoms with Gasteiger partial charge >= 0.3 is 0 Å². The molecule has 1 heterocycles. The second-order valence-corrected chi connectivity index (χ2v) is 5.13. The predicted molar refractivity (Wildman–Crippen MR) is 67.5 cm³/mol. The van der Waals surface area contributed by atoms with Crippen molar-refractivity contribution >= 4 is 0 Å². The van der Waals surface area contributed by atoms with Crippen LogP contribution in [0.4, 0.5) is 0 Å². The molecule has 3 heteroatoms. The van der Waals surface area contributed by atoms with Crippen LogP contribution in [0.1, 0.15) is 25.3 Å². The lowest BCUT2D eigenvalue weighted by Gasteiger charge is -2.28. The van der Waals surface area contributed by atoms with E-state index in [9.17, 15) is 5.11 Å². The molecule has 3 nitrogen and oxygen atoms in total. The van der Waals surface area contributed by atoms with Gasteiger partial charge in [-0.15, -0.1) is 0 Å². The molecule has 94 valence electrons. The average Bonchev–Trinajstić information content (AvgIpc) is 2.32. The highest BCUT2D eigenvalue weighted by Gasteiger charge is 2.19. The van der Waals surface area contributed by atoms with Crippen molar-refractivity contribution in [1.82, 2.24) is 0 Å². The lowest BCUT2D eigenvalue weighted by atomic mass is 10.00. The minimum absolute atomic E-state index is 0.221. The van der Waals surface area contributed by atoms with Gasteiger partial charge in [-0.1, -0.05) is 6.92 Å². The molecule has 0 aliphatic carbocycles. The van der Waals surface area contributed by atoms with Crippen LogP contribution < -0.4 is 9.64 Å². The van der Waals surface area contributed by atoms with E-state index in [0.29, 0.717) is 5.75 Å². The smallest absolute Gasteiger partial charge is 0.160 e. The van der Waals surface area contributed by atoms with E-state index in [-0.39, 0.29) is 5.75 Å². The zero-order valence-electron chi connectivity index (χ0n) is 10.7. The maximum absolute atomic E-state index is 9.55. The molecule has 1 unspecified atom stereocenters. The van der Waals surface area contributed by atoms with E-state index >= 15 is 0 Å². The normalized spacial score (nSPS) is 24.6. The first kappa shape index (κ1) is 12.2. The van der Waals surface area contributed by atoms with Gasteiger partial charge in [0.2, 0.25) is 0 Å². The maximum Gasteiger partial charge on any atom is 0.160 e. The Bertz CT molecular complexity index is 378. The first-order chi connectivity index (χ1) is 8.19. The molecule has 1 saturated heterocycles. The van der Waals surface area contributed by atoms with Crippen LogP contribution in [0.2, 0.25) is 0 Å². The lowest BCUT2D eigenvalue weighted by Crippen LogP contribution is -3.12. The number of nitrogens with one attached hydrogen (secondary N) is 1. The Hall–Kier alpha value is -1.22. The summed E-state index contributed by atoms with van der Waals surface area (Å²) < 4.78 is 5.14. The predicted octanol–water partition coefficient (Wildman–Crippen LogP) is 1.22. The molecule has 0 aromatic heterocycles. The number of rotatable bonds is 3. The third kappa shape index (κ3) is 3.13. The Kier molecular flexibility index (Phi) is 3.89. The van der Waals surface area contributed by atoms with Crippen LogP contribution in [0.25, 0.3) is 0 Å². The van der Waals surface area contributed by atoms with Crippen LogP contribution in [0.3, 0.4) is 0 Å². The van der Waals surface area contributed by atoms with Crippen LogP contribution in [-0.4, -0.2) is 25.3 Å². The van der Waals surface area contributed by atoms with Gasteiger partial charge < -0.3 is 14.7 Å². The lowest BCUT2D eigenvalue weighted by molar-refractivity contribution is -0.922. The molecule has 0 bridgehead atoms. The first-order valence-electron chi connectivity index (χ1n) is 6.38. The number of piperidine rings is 1. The quantitative estimate of drug-likeness (QED) is 0.827. The molecule has 0 amide bonds. The summed E-state index contributed by atoms with van der Waals surface area (Å²) in [5.41, 5.74) is 1.24. The Labute approximate surface area is 103 Å². The third-order valence-corrected chi connectivity index (χ3v) is 3.56. The van der Waals surface area contributed by atoms with Crippen LogP contribution in [0.5, 0.6) is 11.5 Å². The minimum atomic E-state index is 0.221. The molecule has 17 heavy (non-hydrogen) atoms. The summed E-state index contributed by atoms with van der Waals surface area (Å²) in [5.74, 6) is 1.63. The number of benzene rings is 1. The van der Waals surface area contributed by atoms with Crippen molar-refractivity contribution in [1.29, 1.82) is 0 Å². The second kappa shape index (κ2) is 5.41. The third-order valence-electron chi connectivity index (χ3n) is 3.56. The van der Waals surface area contributed by atoms with Crippen LogP contribution in [0, 0.1) is 5.92 Å². The van der Waals surface area contributed by atoms with Gasteiger partial charge in [0, 0.05) is 11.5 Å². The van der Waals surface area contributed by atoms with Gasteiger partial charge in [-0.3, -0.25) is 0 Å². The number of methoxy groups -OCH3 is 1. The van der Waals surface area contributed by atoms with Crippen molar-refractivity contribution in [2.75, 3.05) is 20.2 Å². The molecule has 0 saturated carbocycles. The van der Waals surface area contributed by atoms with Gasteiger partial charge in [0.15, 0.2) is 11.5 Å². The van der Waals surface area contributed by atoms with Crippen molar-refractivity contribution in [2.45, 2.75) is 26.3 Å². The van der Waals surface area contributed by atoms with Crippen molar-refractivity contribution in [3.63, 3.8) is 0 Å². The summed E-state index contributed by atoms with van der Waals surface area (Å²) in [4.78, 5) is 1.64. The van der Waals surface area contributed by atoms with E-state index in [2.05, 4.69) is 6.92 Å². The van der Waals surface area contributed by atoms with Gasteiger partial charge in [-0.25, -0.2) is 0 Å². The van der Waals surface area contributed by atoms with Crippen molar-refractivity contribution in [3.8, 4) is 11.5 Å². The summed E-state index contributed by atoms with van der Waals surface area (Å²) in [7, 11) is 1.59. The van der Waals surface area contributed by atoms with Crippen molar-refractivity contribution in [2.24, 2.45) is 5.92 Å².